The third kappa shape index (κ3) is 1.76. The van der Waals surface area contributed by atoms with Crippen LogP contribution in [0.4, 0.5) is 0 Å². The van der Waals surface area contributed by atoms with Crippen LogP contribution in [-0.2, 0) is 5.41 Å². The minimum atomic E-state index is 0.139. The summed E-state index contributed by atoms with van der Waals surface area (Å²) < 4.78 is 10.0. The van der Waals surface area contributed by atoms with Gasteiger partial charge in [-0.25, -0.2) is 0 Å². The highest BCUT2D eigenvalue weighted by atomic mass is 16.6. The molecule has 1 heterocycles. The molecular weight excluding hydrogens is 140 g/mol. The average molecular weight is 154 g/mol. The molecule has 0 unspecified atom stereocenters. The first kappa shape index (κ1) is 8.18. The highest BCUT2D eigenvalue weighted by molar-refractivity contribution is 5.23. The van der Waals surface area contributed by atoms with Crippen LogP contribution in [0.25, 0.3) is 0 Å². The van der Waals surface area contributed by atoms with Crippen molar-refractivity contribution in [1.82, 2.24) is 0 Å². The highest BCUT2D eigenvalue weighted by Gasteiger charge is 2.16. The number of ether oxygens (including phenoxy) is 1. The van der Waals surface area contributed by atoms with Gasteiger partial charge in [-0.3, -0.25) is 0 Å². The van der Waals surface area contributed by atoms with Gasteiger partial charge < -0.3 is 9.15 Å². The second kappa shape index (κ2) is 2.61. The maximum absolute atomic E-state index is 5.12. The monoisotopic (exact) mass is 154 g/mol. The van der Waals surface area contributed by atoms with Crippen LogP contribution in [0.15, 0.2) is 16.7 Å². The summed E-state index contributed by atoms with van der Waals surface area (Å²) in [5, 5.41) is 0. The molecule has 1 rings (SSSR count). The molecule has 0 aromatic carbocycles. The van der Waals surface area contributed by atoms with E-state index in [0.717, 1.165) is 5.56 Å². The number of rotatable bonds is 1. The van der Waals surface area contributed by atoms with Crippen molar-refractivity contribution in [3.8, 4) is 5.95 Å². The molecule has 0 saturated heterocycles. The van der Waals surface area contributed by atoms with E-state index in [9.17, 15) is 0 Å². The van der Waals surface area contributed by atoms with Gasteiger partial charge in [-0.1, -0.05) is 20.8 Å². The Morgan fingerprint density at radius 1 is 1.36 bits per heavy atom. The first-order chi connectivity index (χ1) is 5.04. The van der Waals surface area contributed by atoms with Crippen LogP contribution >= 0.6 is 0 Å². The van der Waals surface area contributed by atoms with E-state index in [4.69, 9.17) is 9.15 Å². The van der Waals surface area contributed by atoms with E-state index in [1.54, 1.807) is 13.4 Å². The quantitative estimate of drug-likeness (QED) is 0.620. The van der Waals surface area contributed by atoms with E-state index in [-0.39, 0.29) is 5.41 Å². The van der Waals surface area contributed by atoms with Gasteiger partial charge in [0.1, 0.15) is 0 Å². The summed E-state index contributed by atoms with van der Waals surface area (Å²) >= 11 is 0. The van der Waals surface area contributed by atoms with Crippen molar-refractivity contribution in [1.29, 1.82) is 0 Å². The number of methoxy groups -OCH3 is 1. The molecule has 1 aromatic heterocycles. The minimum Gasteiger partial charge on any atom is -0.468 e. The fourth-order valence-corrected chi connectivity index (χ4v) is 0.817. The minimum absolute atomic E-state index is 0.139. The first-order valence-corrected chi connectivity index (χ1v) is 3.67. The lowest BCUT2D eigenvalue weighted by Gasteiger charge is -2.14. The summed E-state index contributed by atoms with van der Waals surface area (Å²) in [6.07, 6.45) is 1.73. The normalized spacial score (nSPS) is 11.6. The zero-order valence-electron chi connectivity index (χ0n) is 7.47. The standard InChI is InChI=1S/C9H14O2/c1-9(2,3)7-5-8(10-4)11-6-7/h5-6H,1-4H3. The summed E-state index contributed by atoms with van der Waals surface area (Å²) in [4.78, 5) is 0. The Balaban J connectivity index is 2.89. The van der Waals surface area contributed by atoms with E-state index in [1.165, 1.54) is 0 Å². The van der Waals surface area contributed by atoms with Gasteiger partial charge in [-0.05, 0) is 11.0 Å². The summed E-state index contributed by atoms with van der Waals surface area (Å²) in [5.74, 6) is 0.579. The van der Waals surface area contributed by atoms with E-state index in [2.05, 4.69) is 20.8 Å². The van der Waals surface area contributed by atoms with Gasteiger partial charge in [0.15, 0.2) is 0 Å². The second-order valence-corrected chi connectivity index (χ2v) is 3.61. The van der Waals surface area contributed by atoms with Gasteiger partial charge >= 0.3 is 0 Å². The molecule has 0 spiro atoms. The molecule has 0 fully saturated rings. The van der Waals surface area contributed by atoms with Crippen molar-refractivity contribution in [2.45, 2.75) is 26.2 Å². The molecule has 0 saturated carbocycles. The molecular formula is C9H14O2. The van der Waals surface area contributed by atoms with Crippen LogP contribution < -0.4 is 4.74 Å². The maximum Gasteiger partial charge on any atom is 0.284 e. The zero-order chi connectivity index (χ0) is 8.48. The lowest BCUT2D eigenvalue weighted by molar-refractivity contribution is 0.305. The Hall–Kier alpha value is -0.920. The Bertz CT molecular complexity index is 230. The number of hydrogen-bond acceptors (Lipinski definition) is 2. The van der Waals surface area contributed by atoms with Crippen LogP contribution in [0.3, 0.4) is 0 Å². The van der Waals surface area contributed by atoms with Crippen molar-refractivity contribution < 1.29 is 9.15 Å². The summed E-state index contributed by atoms with van der Waals surface area (Å²) in [6, 6.07) is 1.92. The predicted molar refractivity (Wildman–Crippen MR) is 44.0 cm³/mol. The molecule has 0 aliphatic heterocycles. The van der Waals surface area contributed by atoms with Crippen molar-refractivity contribution in [3.63, 3.8) is 0 Å². The van der Waals surface area contributed by atoms with Crippen molar-refractivity contribution in [2.75, 3.05) is 7.11 Å². The zero-order valence-corrected chi connectivity index (χ0v) is 7.47. The lowest BCUT2D eigenvalue weighted by Crippen LogP contribution is -2.08. The molecule has 0 bridgehead atoms. The summed E-state index contributed by atoms with van der Waals surface area (Å²) in [7, 11) is 1.60. The van der Waals surface area contributed by atoms with Crippen LogP contribution in [0.5, 0.6) is 5.95 Å². The summed E-state index contributed by atoms with van der Waals surface area (Å²) in [5.41, 5.74) is 1.30. The smallest absolute Gasteiger partial charge is 0.284 e. The van der Waals surface area contributed by atoms with Gasteiger partial charge in [-0.2, -0.15) is 0 Å². The topological polar surface area (TPSA) is 22.4 Å². The van der Waals surface area contributed by atoms with E-state index >= 15 is 0 Å². The molecule has 0 aliphatic carbocycles. The third-order valence-electron chi connectivity index (χ3n) is 1.64. The number of hydrogen-bond donors (Lipinski definition) is 0. The lowest BCUT2D eigenvalue weighted by atomic mass is 9.89. The molecule has 0 N–H and O–H groups in total. The highest BCUT2D eigenvalue weighted by Crippen LogP contribution is 2.27. The van der Waals surface area contributed by atoms with E-state index in [1.807, 2.05) is 6.07 Å². The van der Waals surface area contributed by atoms with Gasteiger partial charge in [0.05, 0.1) is 13.4 Å². The van der Waals surface area contributed by atoms with E-state index in [0.29, 0.717) is 5.95 Å². The Labute approximate surface area is 67.2 Å². The Morgan fingerprint density at radius 2 is 2.00 bits per heavy atom. The third-order valence-corrected chi connectivity index (χ3v) is 1.64. The predicted octanol–water partition coefficient (Wildman–Crippen LogP) is 2.59. The Morgan fingerprint density at radius 3 is 2.27 bits per heavy atom. The molecule has 2 heteroatoms. The summed E-state index contributed by atoms with van der Waals surface area (Å²) in [6.45, 7) is 6.41. The van der Waals surface area contributed by atoms with E-state index < -0.39 is 0 Å². The molecule has 11 heavy (non-hydrogen) atoms. The van der Waals surface area contributed by atoms with Crippen LogP contribution in [-0.4, -0.2) is 7.11 Å². The van der Waals surface area contributed by atoms with Gasteiger partial charge in [-0.15, -0.1) is 0 Å². The first-order valence-electron chi connectivity index (χ1n) is 3.67. The van der Waals surface area contributed by atoms with Gasteiger partial charge in [0, 0.05) is 6.07 Å². The molecule has 62 valence electrons. The van der Waals surface area contributed by atoms with Crippen LogP contribution in [0.1, 0.15) is 26.3 Å². The molecule has 1 aromatic rings. The van der Waals surface area contributed by atoms with Crippen molar-refractivity contribution in [2.24, 2.45) is 0 Å². The fourth-order valence-electron chi connectivity index (χ4n) is 0.817. The molecule has 0 aliphatic rings. The second-order valence-electron chi connectivity index (χ2n) is 3.61. The van der Waals surface area contributed by atoms with Crippen molar-refractivity contribution in [3.05, 3.63) is 17.9 Å². The largest absolute Gasteiger partial charge is 0.468 e. The molecule has 0 radical (unpaired) electrons. The Kier molecular flexibility index (Phi) is 1.94. The SMILES string of the molecule is COc1cc(C(C)(C)C)co1. The van der Waals surface area contributed by atoms with Crippen LogP contribution in [0.2, 0.25) is 0 Å². The molecule has 2 nitrogen and oxygen atoms in total. The maximum atomic E-state index is 5.12. The van der Waals surface area contributed by atoms with Crippen molar-refractivity contribution >= 4 is 0 Å². The molecule has 0 amide bonds. The average Bonchev–Trinajstić information content (AvgIpc) is 2.32. The van der Waals surface area contributed by atoms with Gasteiger partial charge in [0.25, 0.3) is 5.95 Å². The fraction of sp³-hybridized carbons (Fsp3) is 0.556. The number of furan rings is 1. The van der Waals surface area contributed by atoms with Crippen LogP contribution in [0, 0.1) is 0 Å². The molecule has 0 atom stereocenters. The van der Waals surface area contributed by atoms with Gasteiger partial charge in [0.2, 0.25) is 0 Å².